The second kappa shape index (κ2) is 12.5. The van der Waals surface area contributed by atoms with Crippen LogP contribution in [0.4, 0.5) is 11.4 Å². The minimum atomic E-state index is -0.436. The third-order valence-corrected chi connectivity index (χ3v) is 10.1. The van der Waals surface area contributed by atoms with Crippen molar-refractivity contribution in [1.82, 2.24) is 0 Å². The summed E-state index contributed by atoms with van der Waals surface area (Å²) in [5.74, 6) is 0. The average Bonchev–Trinajstić information content (AvgIpc) is 3.49. The van der Waals surface area contributed by atoms with E-state index < -0.39 is 5.41 Å². The minimum absolute atomic E-state index is 0.436. The van der Waals surface area contributed by atoms with Crippen molar-refractivity contribution < 1.29 is 0 Å². The highest BCUT2D eigenvalue weighted by Gasteiger charge is 2.46. The first-order chi connectivity index (χ1) is 24.8. The van der Waals surface area contributed by atoms with Crippen LogP contribution >= 0.6 is 0 Å². The number of anilines is 2. The smallest absolute Gasteiger partial charge is 0.0714 e. The molecule has 0 amide bonds. The minimum Gasteiger partial charge on any atom is -0.355 e. The Morgan fingerprint density at radius 1 is 0.280 bits per heavy atom. The summed E-state index contributed by atoms with van der Waals surface area (Å²) >= 11 is 0. The van der Waals surface area contributed by atoms with Gasteiger partial charge in [-0.3, -0.25) is 0 Å². The van der Waals surface area contributed by atoms with Crippen LogP contribution < -0.4 is 5.32 Å². The van der Waals surface area contributed by atoms with E-state index >= 15 is 0 Å². The Balaban J connectivity index is 1.17. The van der Waals surface area contributed by atoms with E-state index in [1.807, 2.05) is 0 Å². The summed E-state index contributed by atoms with van der Waals surface area (Å²) in [6.45, 7) is 0. The van der Waals surface area contributed by atoms with E-state index in [0.717, 1.165) is 11.4 Å². The zero-order valence-corrected chi connectivity index (χ0v) is 27.6. The average molecular weight is 638 g/mol. The normalized spacial score (nSPS) is 12.6. The molecule has 8 aromatic carbocycles. The van der Waals surface area contributed by atoms with Crippen LogP contribution in [0.3, 0.4) is 0 Å². The summed E-state index contributed by atoms with van der Waals surface area (Å²) in [4.78, 5) is 0. The van der Waals surface area contributed by atoms with Gasteiger partial charge >= 0.3 is 0 Å². The van der Waals surface area contributed by atoms with Gasteiger partial charge in [0.25, 0.3) is 0 Å². The van der Waals surface area contributed by atoms with Crippen molar-refractivity contribution in [2.45, 2.75) is 5.41 Å². The Labute approximate surface area is 294 Å². The fraction of sp³-hybridized carbons (Fsp3) is 0.0204. The first-order valence-corrected chi connectivity index (χ1v) is 17.3. The Kier molecular flexibility index (Phi) is 7.44. The van der Waals surface area contributed by atoms with Crippen LogP contribution in [0.15, 0.2) is 206 Å². The zero-order valence-electron chi connectivity index (χ0n) is 27.6. The van der Waals surface area contributed by atoms with E-state index in [4.69, 9.17) is 0 Å². The van der Waals surface area contributed by atoms with Crippen LogP contribution in [0.2, 0.25) is 0 Å². The van der Waals surface area contributed by atoms with Gasteiger partial charge in [-0.2, -0.15) is 0 Å². The topological polar surface area (TPSA) is 12.0 Å². The highest BCUT2D eigenvalue weighted by atomic mass is 14.9. The molecule has 1 aliphatic carbocycles. The van der Waals surface area contributed by atoms with Crippen molar-refractivity contribution in [3.05, 3.63) is 229 Å². The van der Waals surface area contributed by atoms with Crippen LogP contribution in [-0.4, -0.2) is 0 Å². The van der Waals surface area contributed by atoms with Crippen molar-refractivity contribution in [1.29, 1.82) is 0 Å². The van der Waals surface area contributed by atoms with Gasteiger partial charge in [0, 0.05) is 11.4 Å². The van der Waals surface area contributed by atoms with E-state index in [9.17, 15) is 0 Å². The van der Waals surface area contributed by atoms with Crippen LogP contribution in [0, 0.1) is 0 Å². The van der Waals surface area contributed by atoms with Crippen LogP contribution in [0.25, 0.3) is 44.5 Å². The van der Waals surface area contributed by atoms with E-state index in [-0.39, 0.29) is 0 Å². The highest BCUT2D eigenvalue weighted by Crippen LogP contribution is 2.56. The molecule has 0 unspecified atom stereocenters. The molecule has 50 heavy (non-hydrogen) atoms. The third-order valence-electron chi connectivity index (χ3n) is 10.1. The number of fused-ring (bicyclic) bond motifs is 3. The predicted octanol–water partition coefficient (Wildman–Crippen LogP) is 12.8. The van der Waals surface area contributed by atoms with Gasteiger partial charge in [0.1, 0.15) is 0 Å². The molecule has 0 spiro atoms. The molecule has 8 aromatic rings. The number of hydrogen-bond acceptors (Lipinski definition) is 1. The van der Waals surface area contributed by atoms with Gasteiger partial charge < -0.3 is 5.32 Å². The largest absolute Gasteiger partial charge is 0.355 e. The summed E-state index contributed by atoms with van der Waals surface area (Å²) in [5.41, 5.74) is 16.6. The van der Waals surface area contributed by atoms with Crippen LogP contribution in [0.1, 0.15) is 22.3 Å². The maximum atomic E-state index is 3.83. The van der Waals surface area contributed by atoms with Crippen molar-refractivity contribution in [3.63, 3.8) is 0 Å². The summed E-state index contributed by atoms with van der Waals surface area (Å²) in [6, 6.07) is 74.7. The van der Waals surface area contributed by atoms with Gasteiger partial charge in [-0.1, -0.05) is 176 Å². The molecule has 0 radical (unpaired) electrons. The molecule has 1 N–H and O–H groups in total. The Bertz CT molecular complexity index is 2390. The molecule has 0 heterocycles. The number of benzene rings is 8. The molecular weight excluding hydrogens is 603 g/mol. The molecule has 9 rings (SSSR count). The van der Waals surface area contributed by atoms with Crippen LogP contribution in [0.5, 0.6) is 0 Å². The quantitative estimate of drug-likeness (QED) is 0.183. The molecule has 0 saturated carbocycles. The van der Waals surface area contributed by atoms with Crippen LogP contribution in [-0.2, 0) is 5.41 Å². The molecule has 0 atom stereocenters. The summed E-state index contributed by atoms with van der Waals surface area (Å²) in [7, 11) is 0. The SMILES string of the molecule is c1ccc(-c2cccc(-c3ccc(Nc4ccc5c(c4)C(c4ccccc4)(c4ccccc4)c4ccccc4-5)cc3-c3ccccc3)c2)cc1. The fourth-order valence-electron chi connectivity index (χ4n) is 7.92. The monoisotopic (exact) mass is 637 g/mol. The molecule has 0 aromatic heterocycles. The second-order valence-electron chi connectivity index (χ2n) is 13.0. The Hall–Kier alpha value is -6.44. The fourth-order valence-corrected chi connectivity index (χ4v) is 7.92. The lowest BCUT2D eigenvalue weighted by Gasteiger charge is -2.34. The zero-order chi connectivity index (χ0) is 33.3. The summed E-state index contributed by atoms with van der Waals surface area (Å²) < 4.78 is 0. The number of hydrogen-bond donors (Lipinski definition) is 1. The van der Waals surface area contributed by atoms with Crippen molar-refractivity contribution in [2.75, 3.05) is 5.32 Å². The molecule has 1 aliphatic rings. The van der Waals surface area contributed by atoms with Gasteiger partial charge in [-0.25, -0.2) is 0 Å². The Morgan fingerprint density at radius 2 is 0.780 bits per heavy atom. The Morgan fingerprint density at radius 3 is 1.46 bits per heavy atom. The first-order valence-electron chi connectivity index (χ1n) is 17.3. The third kappa shape index (κ3) is 5.03. The predicted molar refractivity (Wildman–Crippen MR) is 210 cm³/mol. The molecule has 1 heteroatoms. The first kappa shape index (κ1) is 29.7. The van der Waals surface area contributed by atoms with E-state index in [0.29, 0.717) is 0 Å². The maximum Gasteiger partial charge on any atom is 0.0714 e. The van der Waals surface area contributed by atoms with Gasteiger partial charge in [-0.05, 0) is 97.1 Å². The molecule has 1 nitrogen and oxygen atoms in total. The van der Waals surface area contributed by atoms with Crippen molar-refractivity contribution in [2.24, 2.45) is 0 Å². The lowest BCUT2D eigenvalue weighted by Crippen LogP contribution is -2.28. The van der Waals surface area contributed by atoms with E-state index in [1.165, 1.54) is 66.8 Å². The van der Waals surface area contributed by atoms with Gasteiger partial charge in [0.2, 0.25) is 0 Å². The maximum absolute atomic E-state index is 3.83. The lowest BCUT2D eigenvalue weighted by molar-refractivity contribution is 0.769. The van der Waals surface area contributed by atoms with Crippen molar-refractivity contribution in [3.8, 4) is 44.5 Å². The molecule has 0 aliphatic heterocycles. The van der Waals surface area contributed by atoms with Gasteiger partial charge in [0.05, 0.1) is 5.41 Å². The number of rotatable bonds is 7. The molecule has 236 valence electrons. The summed E-state index contributed by atoms with van der Waals surface area (Å²) in [6.07, 6.45) is 0. The van der Waals surface area contributed by atoms with E-state index in [1.54, 1.807) is 0 Å². The van der Waals surface area contributed by atoms with Crippen molar-refractivity contribution >= 4 is 11.4 Å². The molecule has 0 bridgehead atoms. The number of nitrogens with one attached hydrogen (secondary N) is 1. The molecular formula is C49H35N. The van der Waals surface area contributed by atoms with Gasteiger partial charge in [-0.15, -0.1) is 0 Å². The van der Waals surface area contributed by atoms with E-state index in [2.05, 4.69) is 212 Å². The second-order valence-corrected chi connectivity index (χ2v) is 13.0. The van der Waals surface area contributed by atoms with Gasteiger partial charge in [0.15, 0.2) is 0 Å². The lowest BCUT2D eigenvalue weighted by atomic mass is 9.67. The highest BCUT2D eigenvalue weighted by molar-refractivity contribution is 5.90. The molecule has 0 fully saturated rings. The summed E-state index contributed by atoms with van der Waals surface area (Å²) in [5, 5.41) is 3.83. The molecule has 0 saturated heterocycles. The standard InChI is InChI=1S/C49H35N/c1-5-16-35(17-6-1)37-20-15-21-38(32-37)43-30-28-41(33-46(43)36-18-7-2-8-19-36)50-42-29-31-45-44-26-13-14-27-47(44)49(48(45)34-42,39-22-9-3-10-23-39)40-24-11-4-12-25-40/h1-34,50H.